The number of nitrogens with one attached hydrogen (secondary N) is 1. The fourth-order valence-electron chi connectivity index (χ4n) is 1.24. The van der Waals surface area contributed by atoms with Gasteiger partial charge in [0, 0.05) is 18.0 Å². The molecule has 0 fully saturated rings. The van der Waals surface area contributed by atoms with E-state index >= 15 is 0 Å². The summed E-state index contributed by atoms with van der Waals surface area (Å²) in [6.07, 6.45) is 3.08. The molecule has 2 aromatic heterocycles. The van der Waals surface area contributed by atoms with Crippen molar-refractivity contribution >= 4 is 5.97 Å². The van der Waals surface area contributed by atoms with Crippen LogP contribution >= 0.6 is 0 Å². The van der Waals surface area contributed by atoms with Crippen LogP contribution in [-0.4, -0.2) is 26.0 Å². The van der Waals surface area contributed by atoms with Crippen LogP contribution in [0.5, 0.6) is 0 Å². The molecule has 0 saturated carbocycles. The number of pyridine rings is 1. The van der Waals surface area contributed by atoms with Gasteiger partial charge in [-0.1, -0.05) is 0 Å². The zero-order valence-electron chi connectivity index (χ0n) is 8.04. The predicted octanol–water partition coefficient (Wildman–Crippen LogP) is 0.530. The molecule has 0 bridgehead atoms. The molecular weight excluding hydrogens is 210 g/mol. The van der Waals surface area contributed by atoms with E-state index in [9.17, 15) is 9.59 Å². The van der Waals surface area contributed by atoms with Crippen molar-refractivity contribution in [2.75, 3.05) is 0 Å². The molecule has 0 atom stereocenters. The third kappa shape index (κ3) is 1.95. The number of carbonyl (C=O) groups is 1. The zero-order valence-corrected chi connectivity index (χ0v) is 8.04. The summed E-state index contributed by atoms with van der Waals surface area (Å²) in [6, 6.07) is 4.60. The van der Waals surface area contributed by atoms with Gasteiger partial charge >= 0.3 is 11.7 Å². The van der Waals surface area contributed by atoms with Gasteiger partial charge in [-0.05, 0) is 18.2 Å². The van der Waals surface area contributed by atoms with E-state index in [0.717, 1.165) is 0 Å². The van der Waals surface area contributed by atoms with Crippen LogP contribution in [0.2, 0.25) is 0 Å². The van der Waals surface area contributed by atoms with Crippen molar-refractivity contribution in [3.63, 3.8) is 0 Å². The summed E-state index contributed by atoms with van der Waals surface area (Å²) in [7, 11) is 0. The maximum atomic E-state index is 11.1. The third-order valence-electron chi connectivity index (χ3n) is 1.95. The van der Waals surface area contributed by atoms with Crippen LogP contribution in [0.4, 0.5) is 0 Å². The van der Waals surface area contributed by atoms with Crippen LogP contribution in [0.1, 0.15) is 10.5 Å². The number of carboxylic acid groups (broad SMARTS) is 1. The topological polar surface area (TPSA) is 95.9 Å². The molecule has 0 saturated heterocycles. The molecule has 0 amide bonds. The molecule has 0 radical (unpaired) electrons. The van der Waals surface area contributed by atoms with Crippen LogP contribution in [-0.2, 0) is 0 Å². The van der Waals surface area contributed by atoms with Crippen LogP contribution in [0.15, 0.2) is 35.4 Å². The van der Waals surface area contributed by atoms with Gasteiger partial charge in [-0.2, -0.15) is 4.98 Å². The Morgan fingerprint density at radius 2 is 2.00 bits per heavy atom. The van der Waals surface area contributed by atoms with Crippen LogP contribution in [0.3, 0.4) is 0 Å². The number of hydrogen-bond acceptors (Lipinski definition) is 4. The van der Waals surface area contributed by atoms with E-state index in [1.165, 1.54) is 6.07 Å². The molecule has 0 aliphatic carbocycles. The Morgan fingerprint density at radius 3 is 2.62 bits per heavy atom. The first-order valence-electron chi connectivity index (χ1n) is 4.42. The average Bonchev–Trinajstić information content (AvgIpc) is 2.29. The molecule has 6 nitrogen and oxygen atoms in total. The standard InChI is InChI=1S/C10H7N3O3/c14-9(15)8-5-7(12-10(16)13-8)6-1-3-11-4-2-6/h1-5H,(H,14,15)(H,12,13,16). The van der Waals surface area contributed by atoms with E-state index in [2.05, 4.69) is 15.0 Å². The highest BCUT2D eigenvalue weighted by Gasteiger charge is 2.08. The predicted molar refractivity (Wildman–Crippen MR) is 55.0 cm³/mol. The molecule has 80 valence electrons. The smallest absolute Gasteiger partial charge is 0.352 e. The monoisotopic (exact) mass is 217 g/mol. The van der Waals surface area contributed by atoms with Gasteiger partial charge in [0.1, 0.15) is 5.69 Å². The second-order valence-electron chi connectivity index (χ2n) is 3.03. The molecule has 0 aliphatic rings. The van der Waals surface area contributed by atoms with Gasteiger partial charge in [-0.3, -0.25) is 9.97 Å². The molecule has 2 aromatic rings. The summed E-state index contributed by atoms with van der Waals surface area (Å²) >= 11 is 0. The summed E-state index contributed by atoms with van der Waals surface area (Å²) in [4.78, 5) is 31.5. The largest absolute Gasteiger partial charge is 0.477 e. The number of nitrogens with zero attached hydrogens (tertiary/aromatic N) is 2. The second kappa shape index (κ2) is 3.93. The Kier molecular flexibility index (Phi) is 2.47. The van der Waals surface area contributed by atoms with Gasteiger partial charge in [0.25, 0.3) is 0 Å². The Labute approximate surface area is 89.6 Å². The number of H-pyrrole nitrogens is 1. The summed E-state index contributed by atoms with van der Waals surface area (Å²) in [5.41, 5.74) is 0.0747. The molecule has 16 heavy (non-hydrogen) atoms. The summed E-state index contributed by atoms with van der Waals surface area (Å²) in [5.74, 6) is -1.20. The highest BCUT2D eigenvalue weighted by Crippen LogP contribution is 2.14. The molecule has 0 aromatic carbocycles. The highest BCUT2D eigenvalue weighted by molar-refractivity contribution is 5.86. The average molecular weight is 217 g/mol. The molecule has 0 unspecified atom stereocenters. The number of rotatable bonds is 2. The van der Waals surface area contributed by atoms with Crippen molar-refractivity contribution in [1.29, 1.82) is 0 Å². The summed E-state index contributed by atoms with van der Waals surface area (Å²) in [6.45, 7) is 0. The number of aromatic carboxylic acids is 1. The third-order valence-corrected chi connectivity index (χ3v) is 1.95. The lowest BCUT2D eigenvalue weighted by Gasteiger charge is -2.00. The molecule has 0 aliphatic heterocycles. The highest BCUT2D eigenvalue weighted by atomic mass is 16.4. The van der Waals surface area contributed by atoms with Crippen molar-refractivity contribution in [3.8, 4) is 11.3 Å². The number of aromatic nitrogens is 3. The fourth-order valence-corrected chi connectivity index (χ4v) is 1.24. The van der Waals surface area contributed by atoms with E-state index in [1.807, 2.05) is 0 Å². The minimum Gasteiger partial charge on any atom is -0.477 e. The van der Waals surface area contributed by atoms with Crippen LogP contribution in [0, 0.1) is 0 Å². The molecular formula is C10H7N3O3. The van der Waals surface area contributed by atoms with Gasteiger partial charge in [-0.25, -0.2) is 9.59 Å². The van der Waals surface area contributed by atoms with Gasteiger partial charge in [0.2, 0.25) is 0 Å². The maximum absolute atomic E-state index is 11.1. The second-order valence-corrected chi connectivity index (χ2v) is 3.03. The van der Waals surface area contributed by atoms with Gasteiger partial charge in [-0.15, -0.1) is 0 Å². The number of aromatic amines is 1. The van der Waals surface area contributed by atoms with Crippen molar-refractivity contribution in [1.82, 2.24) is 15.0 Å². The van der Waals surface area contributed by atoms with Crippen molar-refractivity contribution in [3.05, 3.63) is 46.8 Å². The zero-order chi connectivity index (χ0) is 11.5. The van der Waals surface area contributed by atoms with Crippen molar-refractivity contribution in [2.24, 2.45) is 0 Å². The van der Waals surface area contributed by atoms with Crippen molar-refractivity contribution < 1.29 is 9.90 Å². The molecule has 2 heterocycles. The first-order chi connectivity index (χ1) is 7.66. The Hall–Kier alpha value is -2.50. The lowest BCUT2D eigenvalue weighted by molar-refractivity contribution is 0.0690. The lowest BCUT2D eigenvalue weighted by atomic mass is 10.2. The Bertz CT molecular complexity index is 577. The number of hydrogen-bond donors (Lipinski definition) is 2. The summed E-state index contributed by atoms with van der Waals surface area (Å²) in [5, 5.41) is 8.77. The Balaban J connectivity index is 2.58. The van der Waals surface area contributed by atoms with E-state index in [-0.39, 0.29) is 5.69 Å². The minimum absolute atomic E-state index is 0.188. The minimum atomic E-state index is -1.20. The fraction of sp³-hybridized carbons (Fsp3) is 0. The normalized spacial score (nSPS) is 10.0. The lowest BCUT2D eigenvalue weighted by Crippen LogP contribution is -2.16. The maximum Gasteiger partial charge on any atom is 0.352 e. The summed E-state index contributed by atoms with van der Waals surface area (Å²) < 4.78 is 0. The van der Waals surface area contributed by atoms with Crippen LogP contribution in [0.25, 0.3) is 11.3 Å². The van der Waals surface area contributed by atoms with E-state index in [1.54, 1.807) is 24.5 Å². The molecule has 0 spiro atoms. The molecule has 2 rings (SSSR count). The molecule has 6 heteroatoms. The molecule has 2 N–H and O–H groups in total. The van der Waals surface area contributed by atoms with Gasteiger partial charge < -0.3 is 5.11 Å². The first kappa shape index (κ1) is 10.0. The van der Waals surface area contributed by atoms with E-state index < -0.39 is 11.7 Å². The van der Waals surface area contributed by atoms with Crippen LogP contribution < -0.4 is 5.69 Å². The van der Waals surface area contributed by atoms with Gasteiger partial charge in [0.15, 0.2) is 0 Å². The van der Waals surface area contributed by atoms with E-state index in [4.69, 9.17) is 5.11 Å². The van der Waals surface area contributed by atoms with E-state index in [0.29, 0.717) is 11.3 Å². The number of carboxylic acids is 1. The first-order valence-corrected chi connectivity index (χ1v) is 4.42. The quantitative estimate of drug-likeness (QED) is 0.764. The van der Waals surface area contributed by atoms with Crippen molar-refractivity contribution in [2.45, 2.75) is 0 Å². The van der Waals surface area contributed by atoms with Gasteiger partial charge in [0.05, 0.1) is 5.69 Å². The SMILES string of the molecule is O=C(O)c1cc(-c2ccncc2)nc(=O)[nH]1. The Morgan fingerprint density at radius 1 is 1.31 bits per heavy atom.